The third kappa shape index (κ3) is 8.94. The summed E-state index contributed by atoms with van der Waals surface area (Å²) in [5.74, 6) is -7.01. The summed E-state index contributed by atoms with van der Waals surface area (Å²) in [5, 5.41) is 1.84. The Balaban J connectivity index is 2.44. The van der Waals surface area contributed by atoms with E-state index in [1.807, 2.05) is 5.32 Å². The van der Waals surface area contributed by atoms with Gasteiger partial charge >= 0.3 is 18.5 Å². The van der Waals surface area contributed by atoms with Crippen molar-refractivity contribution in [2.75, 3.05) is 13.6 Å². The van der Waals surface area contributed by atoms with Gasteiger partial charge in [-0.15, -0.1) is 0 Å². The summed E-state index contributed by atoms with van der Waals surface area (Å²) in [4.78, 5) is 24.8. The Morgan fingerprint density at radius 3 is 2.05 bits per heavy atom. The molecule has 4 nitrogen and oxygen atoms in total. The molecule has 0 radical (unpaired) electrons. The third-order valence-electron chi connectivity index (χ3n) is 5.32. The molecule has 0 fully saturated rings. The molecule has 1 N–H and O–H groups in total. The highest BCUT2D eigenvalue weighted by molar-refractivity contribution is 9.13. The van der Waals surface area contributed by atoms with Crippen LogP contribution < -0.4 is 5.32 Å². The zero-order chi connectivity index (χ0) is 30.8. The number of carbonyl (C=O) groups excluding carboxylic acids is 2. The number of likely N-dealkylation sites (N-methyl/N-ethyl adjacent to an activating group) is 1. The second-order valence-electron chi connectivity index (χ2n) is 8.47. The highest BCUT2D eigenvalue weighted by atomic mass is 79.9. The fourth-order valence-corrected chi connectivity index (χ4v) is 4.11. The summed E-state index contributed by atoms with van der Waals surface area (Å²) in [7, 11) is 0.769. The van der Waals surface area contributed by atoms with Crippen molar-refractivity contribution in [2.45, 2.75) is 37.4 Å². The normalized spacial score (nSPS) is 14.5. The molecular formula is C24H18Br2F10N2O2. The van der Waals surface area contributed by atoms with Crippen molar-refractivity contribution >= 4 is 49.5 Å². The van der Waals surface area contributed by atoms with Gasteiger partial charge in [-0.3, -0.25) is 9.59 Å². The predicted molar refractivity (Wildman–Crippen MR) is 132 cm³/mol. The molecule has 0 bridgehead atoms. The first-order chi connectivity index (χ1) is 18.1. The van der Waals surface area contributed by atoms with E-state index in [-0.39, 0.29) is 21.5 Å². The SMILES string of the molecule is C[C@@H](NC(=O)c1ccc(/C(F)=C/C(c2ccc(Br)c(Br)c2)C(F)(F)F)cc1C(F)(F)F)C(=O)N(C)CC(F)(F)F. The van der Waals surface area contributed by atoms with E-state index < -0.39 is 76.9 Å². The molecular weight excluding hydrogens is 698 g/mol. The van der Waals surface area contributed by atoms with Crippen molar-refractivity contribution in [3.8, 4) is 0 Å². The molecule has 0 aliphatic heterocycles. The lowest BCUT2D eigenvalue weighted by atomic mass is 9.95. The number of alkyl halides is 9. The van der Waals surface area contributed by atoms with E-state index >= 15 is 0 Å². The van der Waals surface area contributed by atoms with Crippen LogP contribution in [0.25, 0.3) is 5.83 Å². The van der Waals surface area contributed by atoms with Crippen molar-refractivity contribution in [1.29, 1.82) is 0 Å². The van der Waals surface area contributed by atoms with Gasteiger partial charge in [0, 0.05) is 21.6 Å². The average Bonchev–Trinajstić information content (AvgIpc) is 2.80. The summed E-state index contributed by atoms with van der Waals surface area (Å²) >= 11 is 6.11. The van der Waals surface area contributed by atoms with Gasteiger partial charge in [0.2, 0.25) is 5.91 Å². The van der Waals surface area contributed by atoms with Crippen molar-refractivity contribution < 1.29 is 53.5 Å². The lowest BCUT2D eigenvalue weighted by Crippen LogP contribution is -2.48. The maximum Gasteiger partial charge on any atom is 0.417 e. The summed E-state index contributed by atoms with van der Waals surface area (Å²) in [6.45, 7) is -0.745. The van der Waals surface area contributed by atoms with Gasteiger partial charge in [-0.05, 0) is 74.7 Å². The van der Waals surface area contributed by atoms with E-state index in [0.29, 0.717) is 16.6 Å². The maximum absolute atomic E-state index is 15.0. The van der Waals surface area contributed by atoms with Crippen LogP contribution in [0.15, 0.2) is 51.4 Å². The topological polar surface area (TPSA) is 49.4 Å². The molecule has 2 atom stereocenters. The quantitative estimate of drug-likeness (QED) is 0.296. The summed E-state index contributed by atoms with van der Waals surface area (Å²) < 4.78 is 136. The number of carbonyl (C=O) groups is 2. The fraction of sp³-hybridized carbons (Fsp3) is 0.333. The minimum Gasteiger partial charge on any atom is -0.341 e. The standard InChI is InChI=1S/C24H18Br2F10N2O2/c1-11(21(40)38(2)10-22(28,29)30)37-20(39)14-5-3-13(7-16(14)24(34,35)36)19(27)9-15(23(31,32)33)12-4-6-17(25)18(26)8-12/h3-9,11,15H,10H2,1-2H3,(H,37,39)/b19-9-/t11-,15?/m1/s1. The predicted octanol–water partition coefficient (Wildman–Crippen LogP) is 8.03. The number of nitrogens with one attached hydrogen (secondary N) is 1. The van der Waals surface area contributed by atoms with Crippen molar-refractivity contribution in [3.05, 3.63) is 73.7 Å². The number of amides is 2. The van der Waals surface area contributed by atoms with Gasteiger partial charge in [-0.1, -0.05) is 12.1 Å². The molecule has 0 aliphatic rings. The molecule has 0 heterocycles. The van der Waals surface area contributed by atoms with Crippen LogP contribution in [0, 0.1) is 0 Å². The monoisotopic (exact) mass is 714 g/mol. The molecule has 2 rings (SSSR count). The van der Waals surface area contributed by atoms with Crippen molar-refractivity contribution in [1.82, 2.24) is 10.2 Å². The molecule has 0 aliphatic carbocycles. The number of benzene rings is 2. The first-order valence-electron chi connectivity index (χ1n) is 10.8. The smallest absolute Gasteiger partial charge is 0.341 e. The van der Waals surface area contributed by atoms with Crippen LogP contribution >= 0.6 is 31.9 Å². The van der Waals surface area contributed by atoms with E-state index in [4.69, 9.17) is 0 Å². The molecule has 2 amide bonds. The van der Waals surface area contributed by atoms with E-state index in [1.165, 1.54) is 6.07 Å². The number of hydrogen-bond donors (Lipinski definition) is 1. The first kappa shape index (κ1) is 33.6. The lowest BCUT2D eigenvalue weighted by Gasteiger charge is -2.23. The molecule has 16 heteroatoms. The van der Waals surface area contributed by atoms with Gasteiger partial charge in [-0.2, -0.15) is 39.5 Å². The van der Waals surface area contributed by atoms with Gasteiger partial charge in [0.1, 0.15) is 24.3 Å². The third-order valence-corrected chi connectivity index (χ3v) is 7.20. The van der Waals surface area contributed by atoms with E-state index in [2.05, 4.69) is 31.9 Å². The highest BCUT2D eigenvalue weighted by Gasteiger charge is 2.41. The summed E-state index contributed by atoms with van der Waals surface area (Å²) in [6.07, 6.45) is -15.0. The number of nitrogens with zero attached hydrogens (tertiary/aromatic N) is 1. The Hall–Kier alpha value is -2.62. The maximum atomic E-state index is 15.0. The minimum atomic E-state index is -5.30. The fourth-order valence-electron chi connectivity index (χ4n) is 3.47. The van der Waals surface area contributed by atoms with E-state index in [0.717, 1.165) is 26.1 Å². The van der Waals surface area contributed by atoms with Crippen LogP contribution in [0.4, 0.5) is 43.9 Å². The Labute approximate surface area is 237 Å². The average molecular weight is 716 g/mol. The Kier molecular flexibility index (Phi) is 10.5. The van der Waals surface area contributed by atoms with E-state index in [1.54, 1.807) is 0 Å². The number of halogens is 12. The number of hydrogen-bond acceptors (Lipinski definition) is 2. The molecule has 0 spiro atoms. The van der Waals surface area contributed by atoms with Gasteiger partial charge in [0.05, 0.1) is 11.1 Å². The Bertz CT molecular complexity index is 1290. The van der Waals surface area contributed by atoms with Crippen LogP contribution in [0.1, 0.15) is 39.9 Å². The molecule has 0 aromatic heterocycles. The van der Waals surface area contributed by atoms with Gasteiger partial charge in [0.25, 0.3) is 5.91 Å². The molecule has 220 valence electrons. The van der Waals surface area contributed by atoms with Crippen molar-refractivity contribution in [2.24, 2.45) is 0 Å². The van der Waals surface area contributed by atoms with Crippen LogP contribution in [-0.4, -0.2) is 48.7 Å². The molecule has 1 unspecified atom stereocenters. The Morgan fingerprint density at radius 1 is 0.950 bits per heavy atom. The Morgan fingerprint density at radius 2 is 1.55 bits per heavy atom. The molecule has 0 saturated carbocycles. The van der Waals surface area contributed by atoms with Crippen LogP contribution in [0.2, 0.25) is 0 Å². The number of rotatable bonds is 7. The second kappa shape index (κ2) is 12.5. The molecule has 2 aromatic carbocycles. The second-order valence-corrected chi connectivity index (χ2v) is 10.2. The summed E-state index contributed by atoms with van der Waals surface area (Å²) in [6, 6.07) is 2.89. The first-order valence-corrected chi connectivity index (χ1v) is 12.4. The largest absolute Gasteiger partial charge is 0.417 e. The lowest BCUT2D eigenvalue weighted by molar-refractivity contribution is -0.159. The molecule has 0 saturated heterocycles. The zero-order valence-corrected chi connectivity index (χ0v) is 23.4. The van der Waals surface area contributed by atoms with Crippen LogP contribution in [-0.2, 0) is 11.0 Å². The highest BCUT2D eigenvalue weighted by Crippen LogP contribution is 2.41. The van der Waals surface area contributed by atoms with Gasteiger partial charge in [0.15, 0.2) is 0 Å². The van der Waals surface area contributed by atoms with Crippen LogP contribution in [0.3, 0.4) is 0 Å². The van der Waals surface area contributed by atoms with Gasteiger partial charge < -0.3 is 10.2 Å². The van der Waals surface area contributed by atoms with Gasteiger partial charge in [-0.25, -0.2) is 4.39 Å². The summed E-state index contributed by atoms with van der Waals surface area (Å²) in [5.41, 5.74) is -4.22. The van der Waals surface area contributed by atoms with Crippen molar-refractivity contribution in [3.63, 3.8) is 0 Å². The zero-order valence-electron chi connectivity index (χ0n) is 20.2. The number of allylic oxidation sites excluding steroid dienone is 1. The van der Waals surface area contributed by atoms with E-state index in [9.17, 15) is 53.5 Å². The molecule has 40 heavy (non-hydrogen) atoms. The van der Waals surface area contributed by atoms with Crippen LogP contribution in [0.5, 0.6) is 0 Å². The minimum absolute atomic E-state index is 0.0855. The molecule has 2 aromatic rings.